The summed E-state index contributed by atoms with van der Waals surface area (Å²) in [4.78, 5) is 13.3. The van der Waals surface area contributed by atoms with Crippen LogP contribution in [-0.2, 0) is 0 Å². The summed E-state index contributed by atoms with van der Waals surface area (Å²) < 4.78 is 0. The molecule has 3 nitrogen and oxygen atoms in total. The first-order chi connectivity index (χ1) is 8.27. The zero-order valence-corrected chi connectivity index (χ0v) is 12.4. The summed E-state index contributed by atoms with van der Waals surface area (Å²) in [5.41, 5.74) is 0.959. The molecule has 0 saturated carbocycles. The predicted molar refractivity (Wildman–Crippen MR) is 76.2 cm³/mol. The molecule has 0 radical (unpaired) electrons. The van der Waals surface area contributed by atoms with Gasteiger partial charge in [-0.3, -0.25) is 4.79 Å². The van der Waals surface area contributed by atoms with Crippen LogP contribution in [-0.4, -0.2) is 28.9 Å². The molecule has 1 atom stereocenters. The number of aliphatic hydroxyl groups is 1. The van der Waals surface area contributed by atoms with Gasteiger partial charge in [-0.2, -0.15) is 0 Å². The number of carbonyl (C=O) groups excluding carboxylic acids is 1. The van der Waals surface area contributed by atoms with E-state index in [1.165, 1.54) is 0 Å². The summed E-state index contributed by atoms with van der Waals surface area (Å²) in [6, 6.07) is 5.82. The Hall–Kier alpha value is -1.00. The monoisotopic (exact) mass is 267 g/mol. The van der Waals surface area contributed by atoms with Crippen LogP contribution in [0, 0.1) is 6.92 Å². The molecule has 0 saturated heterocycles. The van der Waals surface area contributed by atoms with Crippen LogP contribution >= 0.6 is 11.8 Å². The third kappa shape index (κ3) is 3.50. The third-order valence-corrected chi connectivity index (χ3v) is 3.89. The average Bonchev–Trinajstić information content (AvgIpc) is 2.28. The highest BCUT2D eigenvalue weighted by Crippen LogP contribution is 2.20. The number of thioether (sulfide) groups is 1. The van der Waals surface area contributed by atoms with Gasteiger partial charge in [0.1, 0.15) is 0 Å². The van der Waals surface area contributed by atoms with Gasteiger partial charge in [-0.15, -0.1) is 11.8 Å². The zero-order chi connectivity index (χ0) is 13.9. The fraction of sp³-hybridized carbons (Fsp3) is 0.500. The Bertz CT molecular complexity index is 441. The topological polar surface area (TPSA) is 49.3 Å². The van der Waals surface area contributed by atoms with Crippen LogP contribution in [0.15, 0.2) is 23.1 Å². The summed E-state index contributed by atoms with van der Waals surface area (Å²) in [5, 5.41) is 12.5. The Labute approximate surface area is 113 Å². The Morgan fingerprint density at radius 2 is 2.06 bits per heavy atom. The number of hydrogen-bond donors (Lipinski definition) is 2. The molecule has 0 spiro atoms. The quantitative estimate of drug-likeness (QED) is 0.824. The van der Waals surface area contributed by atoms with Gasteiger partial charge in [0.05, 0.1) is 11.6 Å². The maximum atomic E-state index is 12.2. The molecule has 2 N–H and O–H groups in total. The van der Waals surface area contributed by atoms with E-state index in [2.05, 4.69) is 5.32 Å². The predicted octanol–water partition coefficient (Wildman–Crippen LogP) is 2.61. The minimum Gasteiger partial charge on any atom is -0.391 e. The molecule has 0 aromatic heterocycles. The lowest BCUT2D eigenvalue weighted by Gasteiger charge is -2.29. The van der Waals surface area contributed by atoms with E-state index in [0.29, 0.717) is 5.56 Å². The number of hydrogen-bond acceptors (Lipinski definition) is 3. The Balaban J connectivity index is 2.97. The van der Waals surface area contributed by atoms with Crippen molar-refractivity contribution in [3.8, 4) is 0 Å². The van der Waals surface area contributed by atoms with Crippen molar-refractivity contribution in [3.05, 3.63) is 29.3 Å². The normalized spacial score (nSPS) is 13.2. The standard InChI is InChI=1S/C14H21NO2S/c1-9-6-7-11(18-5)8-12(9)13(17)15-14(3,4)10(2)16/h6-8,10,16H,1-5H3,(H,15,17). The molecule has 4 heteroatoms. The number of aliphatic hydroxyl groups excluding tert-OH is 1. The van der Waals surface area contributed by atoms with Gasteiger partial charge in [0, 0.05) is 10.5 Å². The molecule has 18 heavy (non-hydrogen) atoms. The second-order valence-corrected chi connectivity index (χ2v) is 5.91. The lowest BCUT2D eigenvalue weighted by atomic mass is 9.97. The highest BCUT2D eigenvalue weighted by molar-refractivity contribution is 7.98. The Morgan fingerprint density at radius 1 is 1.44 bits per heavy atom. The number of aryl methyl sites for hydroxylation is 1. The molecule has 0 fully saturated rings. The van der Waals surface area contributed by atoms with Gasteiger partial charge in [-0.05, 0) is 51.6 Å². The van der Waals surface area contributed by atoms with Crippen molar-refractivity contribution in [1.29, 1.82) is 0 Å². The number of nitrogens with one attached hydrogen (secondary N) is 1. The fourth-order valence-electron chi connectivity index (χ4n) is 1.44. The van der Waals surface area contributed by atoms with E-state index in [0.717, 1.165) is 10.5 Å². The molecule has 1 amide bonds. The second-order valence-electron chi connectivity index (χ2n) is 5.03. The lowest BCUT2D eigenvalue weighted by molar-refractivity contribution is 0.0708. The van der Waals surface area contributed by atoms with Crippen LogP contribution in [0.1, 0.15) is 36.7 Å². The Morgan fingerprint density at radius 3 is 2.56 bits per heavy atom. The summed E-state index contributed by atoms with van der Waals surface area (Å²) in [6.45, 7) is 7.20. The molecular formula is C14H21NO2S. The molecule has 100 valence electrons. The van der Waals surface area contributed by atoms with Crippen LogP contribution in [0.5, 0.6) is 0 Å². The minimum absolute atomic E-state index is 0.144. The van der Waals surface area contributed by atoms with E-state index in [4.69, 9.17) is 0 Å². The van der Waals surface area contributed by atoms with E-state index in [1.54, 1.807) is 18.7 Å². The summed E-state index contributed by atoms with van der Waals surface area (Å²) in [6.07, 6.45) is 1.37. The largest absolute Gasteiger partial charge is 0.391 e. The van der Waals surface area contributed by atoms with E-state index in [1.807, 2.05) is 45.2 Å². The van der Waals surface area contributed by atoms with E-state index >= 15 is 0 Å². The Kier molecular flexibility index (Phi) is 4.82. The minimum atomic E-state index is -0.640. The summed E-state index contributed by atoms with van der Waals surface area (Å²) in [5.74, 6) is -0.144. The highest BCUT2D eigenvalue weighted by Gasteiger charge is 2.27. The smallest absolute Gasteiger partial charge is 0.252 e. The first-order valence-electron chi connectivity index (χ1n) is 5.93. The van der Waals surface area contributed by atoms with E-state index in [-0.39, 0.29) is 5.91 Å². The van der Waals surface area contributed by atoms with Crippen molar-refractivity contribution in [2.45, 2.75) is 44.2 Å². The van der Waals surface area contributed by atoms with Crippen LogP contribution in [0.2, 0.25) is 0 Å². The van der Waals surface area contributed by atoms with Gasteiger partial charge in [-0.25, -0.2) is 0 Å². The van der Waals surface area contributed by atoms with Gasteiger partial charge in [0.15, 0.2) is 0 Å². The molecule has 0 aliphatic rings. The van der Waals surface area contributed by atoms with Crippen molar-refractivity contribution < 1.29 is 9.90 Å². The first kappa shape index (κ1) is 15.1. The fourth-order valence-corrected chi connectivity index (χ4v) is 1.88. The van der Waals surface area contributed by atoms with Crippen molar-refractivity contribution in [2.75, 3.05) is 6.26 Å². The van der Waals surface area contributed by atoms with Crippen LogP contribution in [0.3, 0.4) is 0 Å². The third-order valence-electron chi connectivity index (χ3n) is 3.17. The molecule has 0 bridgehead atoms. The molecule has 1 aromatic rings. The molecule has 1 rings (SSSR count). The van der Waals surface area contributed by atoms with Crippen molar-refractivity contribution in [3.63, 3.8) is 0 Å². The van der Waals surface area contributed by atoms with E-state index in [9.17, 15) is 9.90 Å². The van der Waals surface area contributed by atoms with Gasteiger partial charge in [0.25, 0.3) is 5.91 Å². The molecule has 1 aromatic carbocycles. The molecule has 0 heterocycles. The zero-order valence-electron chi connectivity index (χ0n) is 11.6. The number of amides is 1. The van der Waals surface area contributed by atoms with Crippen molar-refractivity contribution in [1.82, 2.24) is 5.32 Å². The average molecular weight is 267 g/mol. The van der Waals surface area contributed by atoms with Gasteiger partial charge < -0.3 is 10.4 Å². The van der Waals surface area contributed by atoms with Crippen molar-refractivity contribution >= 4 is 17.7 Å². The second kappa shape index (κ2) is 5.76. The van der Waals surface area contributed by atoms with Crippen LogP contribution < -0.4 is 5.32 Å². The lowest BCUT2D eigenvalue weighted by Crippen LogP contribution is -2.51. The maximum absolute atomic E-state index is 12.2. The molecule has 1 unspecified atom stereocenters. The van der Waals surface area contributed by atoms with Gasteiger partial charge in [0.2, 0.25) is 0 Å². The summed E-state index contributed by atoms with van der Waals surface area (Å²) in [7, 11) is 0. The molecular weight excluding hydrogens is 246 g/mol. The van der Waals surface area contributed by atoms with Crippen molar-refractivity contribution in [2.24, 2.45) is 0 Å². The maximum Gasteiger partial charge on any atom is 0.252 e. The van der Waals surface area contributed by atoms with Crippen LogP contribution in [0.4, 0.5) is 0 Å². The van der Waals surface area contributed by atoms with Gasteiger partial charge in [-0.1, -0.05) is 6.07 Å². The molecule has 0 aliphatic carbocycles. The number of benzene rings is 1. The van der Waals surface area contributed by atoms with Gasteiger partial charge >= 0.3 is 0 Å². The SMILES string of the molecule is CSc1ccc(C)c(C(=O)NC(C)(C)C(C)O)c1. The summed E-state index contributed by atoms with van der Waals surface area (Å²) >= 11 is 1.60. The highest BCUT2D eigenvalue weighted by atomic mass is 32.2. The number of carbonyl (C=O) groups is 1. The molecule has 0 aliphatic heterocycles. The first-order valence-corrected chi connectivity index (χ1v) is 7.15. The number of rotatable bonds is 4. The van der Waals surface area contributed by atoms with E-state index < -0.39 is 11.6 Å². The van der Waals surface area contributed by atoms with Crippen LogP contribution in [0.25, 0.3) is 0 Å².